The van der Waals surface area contributed by atoms with Crippen molar-refractivity contribution in [2.75, 3.05) is 38.0 Å². The number of anilines is 1. The van der Waals surface area contributed by atoms with Crippen molar-refractivity contribution < 1.29 is 9.90 Å². The molecule has 2 saturated carbocycles. The molecule has 3 N–H and O–H groups in total. The van der Waals surface area contributed by atoms with Gasteiger partial charge in [0.05, 0.1) is 26.8 Å². The molecule has 3 aliphatic rings. The number of nitrogens with one attached hydrogen (secondary N) is 2. The van der Waals surface area contributed by atoms with E-state index in [1.54, 1.807) is 18.3 Å². The second-order valence-corrected chi connectivity index (χ2v) is 11.9. The van der Waals surface area contributed by atoms with Gasteiger partial charge < -0.3 is 20.6 Å². The Morgan fingerprint density at radius 3 is 2.39 bits per heavy atom. The van der Waals surface area contributed by atoms with Crippen LogP contribution in [0.4, 0.5) is 5.69 Å². The fourth-order valence-electron chi connectivity index (χ4n) is 5.96. The zero-order chi connectivity index (χ0) is 26.2. The van der Waals surface area contributed by atoms with E-state index in [0.29, 0.717) is 11.6 Å². The number of piperazine rings is 1. The molecule has 200 valence electrons. The summed E-state index contributed by atoms with van der Waals surface area (Å²) >= 11 is 12.4. The Kier molecular flexibility index (Phi) is 7.50. The van der Waals surface area contributed by atoms with E-state index < -0.39 is 0 Å². The molecule has 2 heterocycles. The number of carbonyl (C=O) groups is 1. The number of aromatic hydroxyl groups is 1. The van der Waals surface area contributed by atoms with Gasteiger partial charge in [0.1, 0.15) is 0 Å². The molecule has 1 aliphatic heterocycles. The molecular formula is C30H34Cl2N4O2. The van der Waals surface area contributed by atoms with E-state index in [2.05, 4.69) is 26.6 Å². The van der Waals surface area contributed by atoms with Gasteiger partial charge in [0.15, 0.2) is 11.5 Å². The van der Waals surface area contributed by atoms with Gasteiger partial charge in [0.2, 0.25) is 0 Å². The summed E-state index contributed by atoms with van der Waals surface area (Å²) in [5.41, 5.74) is 4.14. The average molecular weight is 554 g/mol. The first-order valence-electron chi connectivity index (χ1n) is 13.8. The van der Waals surface area contributed by atoms with Gasteiger partial charge in [-0.2, -0.15) is 0 Å². The largest absolute Gasteiger partial charge is 0.505 e. The fourth-order valence-corrected chi connectivity index (χ4v) is 6.45. The summed E-state index contributed by atoms with van der Waals surface area (Å²) in [5.74, 6) is 0.924. The number of hydrogen-bond donors (Lipinski definition) is 3. The van der Waals surface area contributed by atoms with Crippen LogP contribution in [0.15, 0.2) is 36.5 Å². The van der Waals surface area contributed by atoms with Crippen LogP contribution >= 0.6 is 23.2 Å². The fraction of sp³-hybridized carbons (Fsp3) is 0.467. The van der Waals surface area contributed by atoms with Crippen molar-refractivity contribution in [1.29, 1.82) is 0 Å². The number of pyridine rings is 1. The Bertz CT molecular complexity index is 1320. The van der Waals surface area contributed by atoms with Crippen LogP contribution in [-0.4, -0.2) is 59.5 Å². The van der Waals surface area contributed by atoms with E-state index in [-0.39, 0.29) is 27.5 Å². The van der Waals surface area contributed by atoms with Crippen LogP contribution in [0, 0.1) is 11.8 Å². The van der Waals surface area contributed by atoms with E-state index in [1.165, 1.54) is 19.4 Å². The molecule has 0 atom stereocenters. The Morgan fingerprint density at radius 1 is 1.00 bits per heavy atom. The van der Waals surface area contributed by atoms with Gasteiger partial charge in [-0.15, -0.1) is 0 Å². The maximum Gasteiger partial charge on any atom is 0.169 e. The van der Waals surface area contributed by atoms with Crippen molar-refractivity contribution in [2.45, 2.75) is 44.6 Å². The minimum Gasteiger partial charge on any atom is -0.505 e. The van der Waals surface area contributed by atoms with Crippen LogP contribution in [0.1, 0.15) is 48.9 Å². The lowest BCUT2D eigenvalue weighted by Crippen LogP contribution is -2.45. The van der Waals surface area contributed by atoms with E-state index in [9.17, 15) is 9.90 Å². The smallest absolute Gasteiger partial charge is 0.169 e. The van der Waals surface area contributed by atoms with E-state index in [4.69, 9.17) is 23.2 Å². The molecule has 0 unspecified atom stereocenters. The number of phenolic OH excluding ortho intramolecular Hbond substituents is 1. The second-order valence-electron chi connectivity index (χ2n) is 11.1. The van der Waals surface area contributed by atoms with Gasteiger partial charge >= 0.3 is 0 Å². The Hall–Kier alpha value is -2.38. The third-order valence-corrected chi connectivity index (χ3v) is 8.93. The third-order valence-electron chi connectivity index (χ3n) is 8.35. The molecule has 0 amide bonds. The SMILES string of the molecule is O=C(c1cnc2ccc(-c3cc(Cl)c(O)c(Cl)c3)cc2c1NC1CCC(CN2CCNCC2)CC1)C1CC1. The number of benzene rings is 2. The molecule has 0 bridgehead atoms. The maximum absolute atomic E-state index is 13.3. The molecule has 6 nitrogen and oxygen atoms in total. The van der Waals surface area contributed by atoms with Crippen molar-refractivity contribution in [3.05, 3.63) is 52.1 Å². The summed E-state index contributed by atoms with van der Waals surface area (Å²) in [5, 5.41) is 18.6. The van der Waals surface area contributed by atoms with E-state index >= 15 is 0 Å². The average Bonchev–Trinajstić information content (AvgIpc) is 3.78. The number of nitrogens with zero attached hydrogens (tertiary/aromatic N) is 2. The quantitative estimate of drug-likeness (QED) is 0.295. The zero-order valence-electron chi connectivity index (χ0n) is 21.5. The van der Waals surface area contributed by atoms with Crippen LogP contribution in [0.2, 0.25) is 10.0 Å². The second kappa shape index (κ2) is 11.0. The summed E-state index contributed by atoms with van der Waals surface area (Å²) in [6.45, 7) is 5.67. The van der Waals surface area contributed by atoms with Gasteiger partial charge in [-0.3, -0.25) is 9.78 Å². The number of halogens is 2. The lowest BCUT2D eigenvalue weighted by molar-refractivity contribution is 0.0968. The summed E-state index contributed by atoms with van der Waals surface area (Å²) in [6.07, 6.45) is 8.27. The van der Waals surface area contributed by atoms with Crippen LogP contribution in [0.3, 0.4) is 0 Å². The molecule has 6 rings (SSSR count). The third kappa shape index (κ3) is 5.50. The van der Waals surface area contributed by atoms with Crippen LogP contribution in [-0.2, 0) is 0 Å². The summed E-state index contributed by atoms with van der Waals surface area (Å²) in [4.78, 5) is 20.6. The molecule has 3 aromatic rings. The molecule has 38 heavy (non-hydrogen) atoms. The molecular weight excluding hydrogens is 519 g/mol. The highest BCUT2D eigenvalue weighted by Gasteiger charge is 2.33. The van der Waals surface area contributed by atoms with Gasteiger partial charge in [0.25, 0.3) is 0 Å². The predicted octanol–water partition coefficient (Wildman–Crippen LogP) is 6.38. The van der Waals surface area contributed by atoms with Gasteiger partial charge in [-0.05, 0) is 79.8 Å². The monoisotopic (exact) mass is 552 g/mol. The Balaban J connectivity index is 1.28. The molecule has 3 fully saturated rings. The maximum atomic E-state index is 13.3. The number of rotatable bonds is 7. The summed E-state index contributed by atoms with van der Waals surface area (Å²) in [6, 6.07) is 9.75. The minimum absolute atomic E-state index is 0.113. The standard InChI is InChI=1S/C30H34Cl2N4O2/c31-25-14-21(15-26(32)30(25)38)20-5-8-27-23(13-20)28(24(16-34-27)29(37)19-3-4-19)35-22-6-1-18(2-7-22)17-36-11-9-33-10-12-36/h5,8,13-16,18-19,22,33,38H,1-4,6-7,9-12,17H2,(H,34,35). The first kappa shape index (κ1) is 25.9. The normalized spacial score (nSPS) is 22.5. The van der Waals surface area contributed by atoms with Crippen LogP contribution in [0.25, 0.3) is 22.0 Å². The van der Waals surface area contributed by atoms with Gasteiger partial charge in [0, 0.05) is 56.3 Å². The zero-order valence-corrected chi connectivity index (χ0v) is 23.0. The molecule has 0 radical (unpaired) electrons. The molecule has 2 aliphatic carbocycles. The van der Waals surface area contributed by atoms with Gasteiger partial charge in [-0.1, -0.05) is 29.3 Å². The summed E-state index contributed by atoms with van der Waals surface area (Å²) in [7, 11) is 0. The Labute approximate surface area is 233 Å². The topological polar surface area (TPSA) is 77.5 Å². The molecule has 1 aromatic heterocycles. The molecule has 2 aromatic carbocycles. The van der Waals surface area contributed by atoms with E-state index in [1.807, 2.05) is 12.1 Å². The van der Waals surface area contributed by atoms with Crippen molar-refractivity contribution in [3.63, 3.8) is 0 Å². The van der Waals surface area contributed by atoms with Crippen molar-refractivity contribution in [1.82, 2.24) is 15.2 Å². The highest BCUT2D eigenvalue weighted by Crippen LogP contribution is 2.40. The predicted molar refractivity (Wildman–Crippen MR) is 155 cm³/mol. The lowest BCUT2D eigenvalue weighted by atomic mass is 9.85. The molecule has 0 spiro atoms. The number of Topliss-reactive ketones (excluding diaryl/α,β-unsaturated/α-hetero) is 1. The van der Waals surface area contributed by atoms with Gasteiger partial charge in [-0.25, -0.2) is 0 Å². The number of hydrogen-bond acceptors (Lipinski definition) is 6. The van der Waals surface area contributed by atoms with Crippen LogP contribution < -0.4 is 10.6 Å². The first-order chi connectivity index (χ1) is 18.5. The Morgan fingerprint density at radius 2 is 1.71 bits per heavy atom. The van der Waals surface area contributed by atoms with Crippen molar-refractivity contribution >= 4 is 45.6 Å². The number of carbonyl (C=O) groups excluding carboxylic acids is 1. The highest BCUT2D eigenvalue weighted by molar-refractivity contribution is 6.37. The van der Waals surface area contributed by atoms with Crippen LogP contribution in [0.5, 0.6) is 5.75 Å². The highest BCUT2D eigenvalue weighted by atomic mass is 35.5. The summed E-state index contributed by atoms with van der Waals surface area (Å²) < 4.78 is 0. The minimum atomic E-state index is -0.119. The number of fused-ring (bicyclic) bond motifs is 1. The van der Waals surface area contributed by atoms with E-state index in [0.717, 1.165) is 85.5 Å². The lowest BCUT2D eigenvalue weighted by Gasteiger charge is -2.35. The number of phenols is 1. The number of ketones is 1. The molecule has 1 saturated heterocycles. The number of aromatic nitrogens is 1. The van der Waals surface area contributed by atoms with Crippen molar-refractivity contribution in [2.24, 2.45) is 11.8 Å². The molecule has 8 heteroatoms. The van der Waals surface area contributed by atoms with Crippen molar-refractivity contribution in [3.8, 4) is 16.9 Å². The first-order valence-corrected chi connectivity index (χ1v) is 14.6.